The van der Waals surface area contributed by atoms with Crippen molar-refractivity contribution in [3.63, 3.8) is 0 Å². The summed E-state index contributed by atoms with van der Waals surface area (Å²) < 4.78 is 5.87. The summed E-state index contributed by atoms with van der Waals surface area (Å²) in [4.78, 5) is 4.55. The Balaban J connectivity index is 2.09. The van der Waals surface area contributed by atoms with Crippen LogP contribution < -0.4 is 5.32 Å². The van der Waals surface area contributed by atoms with Crippen LogP contribution in [0, 0.1) is 6.92 Å². The summed E-state index contributed by atoms with van der Waals surface area (Å²) in [7, 11) is 0. The van der Waals surface area contributed by atoms with Gasteiger partial charge in [-0.05, 0) is 37.6 Å². The molecule has 96 valence electrons. The van der Waals surface area contributed by atoms with E-state index in [2.05, 4.69) is 30.2 Å². The third-order valence-corrected chi connectivity index (χ3v) is 3.14. The van der Waals surface area contributed by atoms with Crippen LogP contribution >= 0.6 is 0 Å². The van der Waals surface area contributed by atoms with Gasteiger partial charge >= 0.3 is 0 Å². The van der Waals surface area contributed by atoms with Crippen LogP contribution in [0.15, 0.2) is 46.9 Å². The second-order valence-electron chi connectivity index (χ2n) is 4.55. The number of nitrogens with one attached hydrogen (secondary N) is 1. The molecular formula is C16H16N2O. The highest BCUT2D eigenvalue weighted by Gasteiger charge is 2.10. The molecule has 1 N–H and O–H groups in total. The molecule has 0 aliphatic heterocycles. The number of aryl methyl sites for hydroxylation is 1. The molecule has 0 saturated carbocycles. The van der Waals surface area contributed by atoms with Crippen molar-refractivity contribution in [2.75, 3.05) is 11.9 Å². The molecule has 0 aliphatic carbocycles. The smallest absolute Gasteiger partial charge is 0.227 e. The average Bonchev–Trinajstić information content (AvgIpc) is 2.82. The van der Waals surface area contributed by atoms with Crippen molar-refractivity contribution in [3.8, 4) is 11.5 Å². The maximum Gasteiger partial charge on any atom is 0.227 e. The Morgan fingerprint density at radius 1 is 1.16 bits per heavy atom. The largest absolute Gasteiger partial charge is 0.436 e. The van der Waals surface area contributed by atoms with Crippen molar-refractivity contribution in [1.82, 2.24) is 4.98 Å². The number of fused-ring (bicyclic) bond motifs is 1. The molecule has 0 bridgehead atoms. The first kappa shape index (κ1) is 11.8. The first-order valence-corrected chi connectivity index (χ1v) is 6.48. The van der Waals surface area contributed by atoms with E-state index in [0.717, 1.165) is 28.9 Å². The van der Waals surface area contributed by atoms with E-state index in [1.54, 1.807) is 0 Å². The highest BCUT2D eigenvalue weighted by Crippen LogP contribution is 2.28. The van der Waals surface area contributed by atoms with Crippen molar-refractivity contribution >= 4 is 16.8 Å². The Bertz CT molecular complexity index is 716. The first-order valence-electron chi connectivity index (χ1n) is 6.48. The van der Waals surface area contributed by atoms with E-state index >= 15 is 0 Å². The fraction of sp³-hybridized carbons (Fsp3) is 0.188. The molecule has 0 unspecified atom stereocenters. The molecule has 0 saturated heterocycles. The van der Waals surface area contributed by atoms with Gasteiger partial charge in [0, 0.05) is 23.9 Å². The molecule has 3 nitrogen and oxygen atoms in total. The zero-order chi connectivity index (χ0) is 13.2. The zero-order valence-corrected chi connectivity index (χ0v) is 11.1. The fourth-order valence-corrected chi connectivity index (χ4v) is 2.17. The van der Waals surface area contributed by atoms with Gasteiger partial charge < -0.3 is 9.73 Å². The highest BCUT2D eigenvalue weighted by molar-refractivity contribution is 5.80. The third kappa shape index (κ3) is 2.19. The third-order valence-electron chi connectivity index (χ3n) is 3.14. The molecule has 2 aromatic carbocycles. The van der Waals surface area contributed by atoms with Gasteiger partial charge in [0.25, 0.3) is 0 Å². The quantitative estimate of drug-likeness (QED) is 0.757. The molecular weight excluding hydrogens is 236 g/mol. The summed E-state index contributed by atoms with van der Waals surface area (Å²) in [5.74, 6) is 0.682. The monoisotopic (exact) mass is 252 g/mol. The molecule has 3 rings (SSSR count). The van der Waals surface area contributed by atoms with Crippen molar-refractivity contribution < 1.29 is 4.42 Å². The van der Waals surface area contributed by atoms with Gasteiger partial charge in [-0.15, -0.1) is 0 Å². The Kier molecular flexibility index (Phi) is 2.95. The van der Waals surface area contributed by atoms with E-state index in [4.69, 9.17) is 4.42 Å². The summed E-state index contributed by atoms with van der Waals surface area (Å²) in [6.07, 6.45) is 0. The van der Waals surface area contributed by atoms with Crippen molar-refractivity contribution in [3.05, 3.63) is 48.0 Å². The van der Waals surface area contributed by atoms with E-state index in [1.165, 1.54) is 5.56 Å². The molecule has 3 aromatic rings. The van der Waals surface area contributed by atoms with Gasteiger partial charge in [-0.25, -0.2) is 4.98 Å². The van der Waals surface area contributed by atoms with Gasteiger partial charge in [0.1, 0.15) is 5.52 Å². The Morgan fingerprint density at radius 3 is 2.79 bits per heavy atom. The van der Waals surface area contributed by atoms with Crippen LogP contribution in [0.4, 0.5) is 5.69 Å². The maximum atomic E-state index is 5.87. The second kappa shape index (κ2) is 4.76. The molecule has 19 heavy (non-hydrogen) atoms. The number of hydrogen-bond donors (Lipinski definition) is 1. The Morgan fingerprint density at radius 2 is 2.00 bits per heavy atom. The number of hydrogen-bond acceptors (Lipinski definition) is 3. The predicted molar refractivity (Wildman–Crippen MR) is 78.3 cm³/mol. The topological polar surface area (TPSA) is 38.1 Å². The average molecular weight is 252 g/mol. The molecule has 0 fully saturated rings. The molecule has 0 aliphatic rings. The van der Waals surface area contributed by atoms with E-state index < -0.39 is 0 Å². The van der Waals surface area contributed by atoms with Gasteiger partial charge in [0.2, 0.25) is 5.89 Å². The predicted octanol–water partition coefficient (Wildman–Crippen LogP) is 4.24. The number of nitrogens with zero attached hydrogens (tertiary/aromatic N) is 1. The Hall–Kier alpha value is -2.29. The van der Waals surface area contributed by atoms with Gasteiger partial charge in [0.15, 0.2) is 5.58 Å². The van der Waals surface area contributed by atoms with Crippen LogP contribution in [0.1, 0.15) is 12.5 Å². The lowest BCUT2D eigenvalue weighted by Gasteiger charge is -2.00. The number of benzene rings is 2. The standard InChI is InChI=1S/C16H16N2O/c1-3-17-12-8-9-14-15(10-12)19-16(18-14)13-7-5-4-6-11(13)2/h4-10,17H,3H2,1-2H3. The van der Waals surface area contributed by atoms with Gasteiger partial charge in [-0.2, -0.15) is 0 Å². The zero-order valence-electron chi connectivity index (χ0n) is 11.1. The lowest BCUT2D eigenvalue weighted by molar-refractivity contribution is 0.619. The SMILES string of the molecule is CCNc1ccc2nc(-c3ccccc3C)oc2c1. The summed E-state index contributed by atoms with van der Waals surface area (Å²) in [5, 5.41) is 3.27. The van der Waals surface area contributed by atoms with Crippen molar-refractivity contribution in [2.45, 2.75) is 13.8 Å². The molecule has 1 heterocycles. The molecule has 3 heteroatoms. The van der Waals surface area contributed by atoms with Gasteiger partial charge in [-0.1, -0.05) is 18.2 Å². The number of oxazole rings is 1. The summed E-state index contributed by atoms with van der Waals surface area (Å²) >= 11 is 0. The maximum absolute atomic E-state index is 5.87. The van der Waals surface area contributed by atoms with Crippen LogP contribution in [0.3, 0.4) is 0 Å². The van der Waals surface area contributed by atoms with Crippen LogP contribution in [-0.4, -0.2) is 11.5 Å². The van der Waals surface area contributed by atoms with Crippen LogP contribution in [0.5, 0.6) is 0 Å². The van der Waals surface area contributed by atoms with E-state index in [1.807, 2.05) is 36.4 Å². The normalized spacial score (nSPS) is 10.8. The Labute approximate surface area is 112 Å². The fourth-order valence-electron chi connectivity index (χ4n) is 2.17. The number of anilines is 1. The van der Waals surface area contributed by atoms with E-state index in [0.29, 0.717) is 5.89 Å². The number of aromatic nitrogens is 1. The molecule has 1 aromatic heterocycles. The minimum Gasteiger partial charge on any atom is -0.436 e. The van der Waals surface area contributed by atoms with E-state index in [-0.39, 0.29) is 0 Å². The lowest BCUT2D eigenvalue weighted by atomic mass is 10.1. The van der Waals surface area contributed by atoms with Gasteiger partial charge in [0.05, 0.1) is 0 Å². The van der Waals surface area contributed by atoms with Crippen molar-refractivity contribution in [2.24, 2.45) is 0 Å². The highest BCUT2D eigenvalue weighted by atomic mass is 16.3. The second-order valence-corrected chi connectivity index (χ2v) is 4.55. The van der Waals surface area contributed by atoms with E-state index in [9.17, 15) is 0 Å². The summed E-state index contributed by atoms with van der Waals surface area (Å²) in [5.41, 5.74) is 4.98. The minimum absolute atomic E-state index is 0.682. The van der Waals surface area contributed by atoms with Crippen molar-refractivity contribution in [1.29, 1.82) is 0 Å². The lowest BCUT2D eigenvalue weighted by Crippen LogP contribution is -1.95. The molecule has 0 spiro atoms. The van der Waals surface area contributed by atoms with Crippen LogP contribution in [0.2, 0.25) is 0 Å². The summed E-state index contributed by atoms with van der Waals surface area (Å²) in [6.45, 7) is 5.03. The summed E-state index contributed by atoms with van der Waals surface area (Å²) in [6, 6.07) is 14.1. The van der Waals surface area contributed by atoms with Crippen LogP contribution in [0.25, 0.3) is 22.6 Å². The van der Waals surface area contributed by atoms with Crippen LogP contribution in [-0.2, 0) is 0 Å². The number of rotatable bonds is 3. The molecule has 0 amide bonds. The molecule has 0 atom stereocenters. The first-order chi connectivity index (χ1) is 9.28. The molecule has 0 radical (unpaired) electrons. The van der Waals surface area contributed by atoms with Gasteiger partial charge in [-0.3, -0.25) is 0 Å². The minimum atomic E-state index is 0.682.